The number of aromatic nitrogens is 1. The maximum atomic E-state index is 13.2. The fourth-order valence-electron chi connectivity index (χ4n) is 3.30. The van der Waals surface area contributed by atoms with E-state index in [2.05, 4.69) is 11.6 Å². The maximum Gasteiger partial charge on any atom is 0.409 e. The van der Waals surface area contributed by atoms with E-state index in [-0.39, 0.29) is 17.9 Å². The second kappa shape index (κ2) is 9.50. The predicted molar refractivity (Wildman–Crippen MR) is 111 cm³/mol. The molecule has 2 heterocycles. The lowest BCUT2D eigenvalue weighted by Gasteiger charge is -2.33. The summed E-state index contributed by atoms with van der Waals surface area (Å²) in [5.41, 5.74) is 1.86. The van der Waals surface area contributed by atoms with Crippen molar-refractivity contribution >= 4 is 28.5 Å². The first-order valence-electron chi connectivity index (χ1n) is 9.49. The van der Waals surface area contributed by atoms with E-state index in [0.29, 0.717) is 31.4 Å². The van der Waals surface area contributed by atoms with Gasteiger partial charge in [0.15, 0.2) is 5.13 Å². The van der Waals surface area contributed by atoms with Gasteiger partial charge in [-0.25, -0.2) is 9.78 Å². The average Bonchev–Trinajstić information content (AvgIpc) is 3.22. The van der Waals surface area contributed by atoms with Gasteiger partial charge < -0.3 is 9.64 Å². The smallest absolute Gasteiger partial charge is 0.409 e. The Morgan fingerprint density at radius 3 is 2.89 bits per heavy atom. The van der Waals surface area contributed by atoms with Gasteiger partial charge in [0.25, 0.3) is 0 Å². The van der Waals surface area contributed by atoms with Gasteiger partial charge in [-0.1, -0.05) is 36.4 Å². The molecule has 1 aromatic carbocycles. The minimum Gasteiger partial charge on any atom is -0.450 e. The highest BCUT2D eigenvalue weighted by atomic mass is 32.1. The Morgan fingerprint density at radius 2 is 2.18 bits per heavy atom. The molecule has 28 heavy (non-hydrogen) atoms. The molecule has 1 aliphatic rings. The zero-order chi connectivity index (χ0) is 19.9. The van der Waals surface area contributed by atoms with E-state index in [1.54, 1.807) is 22.8 Å². The van der Waals surface area contributed by atoms with Gasteiger partial charge >= 0.3 is 6.09 Å². The molecule has 2 aromatic rings. The van der Waals surface area contributed by atoms with Gasteiger partial charge in [0.2, 0.25) is 5.91 Å². The maximum absolute atomic E-state index is 13.2. The topological polar surface area (TPSA) is 62.7 Å². The van der Waals surface area contributed by atoms with E-state index < -0.39 is 0 Å². The normalized spacial score (nSPS) is 16.5. The molecule has 0 saturated carbocycles. The zero-order valence-corrected chi connectivity index (χ0v) is 16.9. The Kier molecular flexibility index (Phi) is 6.81. The molecule has 1 aromatic heterocycles. The van der Waals surface area contributed by atoms with E-state index >= 15 is 0 Å². The number of nitrogens with zero attached hydrogens (tertiary/aromatic N) is 3. The third-order valence-electron chi connectivity index (χ3n) is 4.67. The molecular formula is C21H25N3O3S. The molecule has 1 atom stereocenters. The van der Waals surface area contributed by atoms with Crippen LogP contribution in [0.25, 0.3) is 11.3 Å². The summed E-state index contributed by atoms with van der Waals surface area (Å²) >= 11 is 1.44. The average molecular weight is 400 g/mol. The molecule has 6 nitrogen and oxygen atoms in total. The third kappa shape index (κ3) is 4.59. The molecule has 0 radical (unpaired) electrons. The summed E-state index contributed by atoms with van der Waals surface area (Å²) in [7, 11) is 0. The van der Waals surface area contributed by atoms with Crippen molar-refractivity contribution in [1.82, 2.24) is 9.88 Å². The highest BCUT2D eigenvalue weighted by molar-refractivity contribution is 7.14. The standard InChI is InChI=1S/C21H25N3O3S/c1-3-12-24(20-22-18(15-28-20)16-9-6-5-7-10-16)19(25)17-11-8-13-23(14-17)21(26)27-4-2/h3,5-7,9-10,15,17H,1,4,8,11-14H2,2H3. The van der Waals surface area contributed by atoms with Crippen LogP contribution in [0.1, 0.15) is 19.8 Å². The van der Waals surface area contributed by atoms with Gasteiger partial charge in [-0.2, -0.15) is 0 Å². The van der Waals surface area contributed by atoms with E-state index in [1.165, 1.54) is 11.3 Å². The second-order valence-corrected chi connectivity index (χ2v) is 7.44. The molecule has 0 spiro atoms. The second-order valence-electron chi connectivity index (χ2n) is 6.60. The number of amides is 2. The molecule has 7 heteroatoms. The molecule has 3 rings (SSSR count). The summed E-state index contributed by atoms with van der Waals surface area (Å²) in [5.74, 6) is -0.287. The number of benzene rings is 1. The summed E-state index contributed by atoms with van der Waals surface area (Å²) in [6.07, 6.45) is 2.88. The number of likely N-dealkylation sites (tertiary alicyclic amines) is 1. The van der Waals surface area contributed by atoms with Crippen LogP contribution >= 0.6 is 11.3 Å². The molecule has 0 aliphatic carbocycles. The molecular weight excluding hydrogens is 374 g/mol. The number of piperidine rings is 1. The largest absolute Gasteiger partial charge is 0.450 e. The molecule has 1 unspecified atom stereocenters. The Morgan fingerprint density at radius 1 is 1.39 bits per heavy atom. The van der Waals surface area contributed by atoms with Gasteiger partial charge in [0.05, 0.1) is 18.2 Å². The quantitative estimate of drug-likeness (QED) is 0.683. The van der Waals surface area contributed by atoms with E-state index in [4.69, 9.17) is 4.74 Å². The predicted octanol–water partition coefficient (Wildman–Crippen LogP) is 4.20. The number of hydrogen-bond acceptors (Lipinski definition) is 5. The van der Waals surface area contributed by atoms with Crippen LogP contribution in [0.3, 0.4) is 0 Å². The molecule has 1 saturated heterocycles. The Bertz CT molecular complexity index is 821. The number of carbonyl (C=O) groups is 2. The van der Waals surface area contributed by atoms with Crippen LogP contribution in [-0.4, -0.2) is 48.1 Å². The first-order chi connectivity index (χ1) is 13.6. The van der Waals surface area contributed by atoms with Gasteiger partial charge in [-0.05, 0) is 19.8 Å². The first kappa shape index (κ1) is 20.1. The van der Waals surface area contributed by atoms with Crippen LogP contribution in [0.2, 0.25) is 0 Å². The number of hydrogen-bond donors (Lipinski definition) is 0. The Hall–Kier alpha value is -2.67. The lowest BCUT2D eigenvalue weighted by Crippen LogP contribution is -2.47. The third-order valence-corrected chi connectivity index (χ3v) is 5.53. The first-order valence-corrected chi connectivity index (χ1v) is 10.4. The number of ether oxygens (including phenoxy) is 1. The minimum absolute atomic E-state index is 0.0251. The van der Waals surface area contributed by atoms with Crippen molar-refractivity contribution < 1.29 is 14.3 Å². The van der Waals surface area contributed by atoms with E-state index in [1.807, 2.05) is 35.7 Å². The molecule has 1 aliphatic heterocycles. The zero-order valence-electron chi connectivity index (χ0n) is 16.0. The van der Waals surface area contributed by atoms with Gasteiger partial charge in [-0.3, -0.25) is 9.69 Å². The van der Waals surface area contributed by atoms with Crippen molar-refractivity contribution in [2.24, 2.45) is 5.92 Å². The molecule has 0 N–H and O–H groups in total. The fourth-order valence-corrected chi connectivity index (χ4v) is 4.15. The Balaban J connectivity index is 1.76. The van der Waals surface area contributed by atoms with Crippen LogP contribution in [-0.2, 0) is 9.53 Å². The van der Waals surface area contributed by atoms with Crippen LogP contribution < -0.4 is 4.90 Å². The van der Waals surface area contributed by atoms with Crippen LogP contribution in [0.5, 0.6) is 0 Å². The van der Waals surface area contributed by atoms with Crippen molar-refractivity contribution in [2.75, 3.05) is 31.1 Å². The van der Waals surface area contributed by atoms with Crippen LogP contribution in [0, 0.1) is 5.92 Å². The van der Waals surface area contributed by atoms with Crippen molar-refractivity contribution in [3.8, 4) is 11.3 Å². The number of thiazole rings is 1. The summed E-state index contributed by atoms with van der Waals surface area (Å²) in [5, 5.41) is 2.61. The van der Waals surface area contributed by atoms with Crippen molar-refractivity contribution in [3.63, 3.8) is 0 Å². The number of carbonyl (C=O) groups excluding carboxylic acids is 2. The highest BCUT2D eigenvalue weighted by Crippen LogP contribution is 2.29. The Labute approximate surface area is 169 Å². The molecule has 1 fully saturated rings. The van der Waals surface area contributed by atoms with Crippen LogP contribution in [0.15, 0.2) is 48.4 Å². The lowest BCUT2D eigenvalue weighted by molar-refractivity contribution is -0.123. The highest BCUT2D eigenvalue weighted by Gasteiger charge is 2.33. The summed E-state index contributed by atoms with van der Waals surface area (Å²) in [6.45, 7) is 7.28. The monoisotopic (exact) mass is 399 g/mol. The van der Waals surface area contributed by atoms with Gasteiger partial charge in [-0.15, -0.1) is 17.9 Å². The fraction of sp³-hybridized carbons (Fsp3) is 0.381. The SMILES string of the molecule is C=CCN(C(=O)C1CCCN(C(=O)OCC)C1)c1nc(-c2ccccc2)cs1. The molecule has 148 valence electrons. The van der Waals surface area contributed by atoms with Gasteiger partial charge in [0, 0.05) is 30.6 Å². The molecule has 0 bridgehead atoms. The minimum atomic E-state index is -0.351. The lowest BCUT2D eigenvalue weighted by atomic mass is 9.97. The van der Waals surface area contributed by atoms with E-state index in [0.717, 1.165) is 24.1 Å². The van der Waals surface area contributed by atoms with Crippen LogP contribution in [0.4, 0.5) is 9.93 Å². The van der Waals surface area contributed by atoms with E-state index in [9.17, 15) is 9.59 Å². The van der Waals surface area contributed by atoms with Gasteiger partial charge in [0.1, 0.15) is 0 Å². The van der Waals surface area contributed by atoms with Crippen molar-refractivity contribution in [1.29, 1.82) is 0 Å². The van der Waals surface area contributed by atoms with Crippen molar-refractivity contribution in [2.45, 2.75) is 19.8 Å². The summed E-state index contributed by atoms with van der Waals surface area (Å²) in [4.78, 5) is 33.2. The molecule has 2 amide bonds. The summed E-state index contributed by atoms with van der Waals surface area (Å²) in [6, 6.07) is 9.89. The van der Waals surface area contributed by atoms with Crippen molar-refractivity contribution in [3.05, 3.63) is 48.4 Å². The summed E-state index contributed by atoms with van der Waals surface area (Å²) < 4.78 is 5.09. The number of rotatable bonds is 6. The number of anilines is 1.